The second-order valence-corrected chi connectivity index (χ2v) is 6.13. The minimum Gasteiger partial charge on any atom is -0.497 e. The van der Waals surface area contributed by atoms with Crippen molar-refractivity contribution in [2.45, 2.75) is 0 Å². The molecule has 1 aliphatic heterocycles. The van der Waals surface area contributed by atoms with Crippen molar-refractivity contribution in [2.75, 3.05) is 44.8 Å². The van der Waals surface area contributed by atoms with E-state index in [0.29, 0.717) is 32.1 Å². The first-order valence-electron chi connectivity index (χ1n) is 8.94. The quantitative estimate of drug-likeness (QED) is 0.551. The zero-order valence-corrected chi connectivity index (χ0v) is 15.7. The molecule has 146 valence electrons. The molecule has 1 amide bonds. The summed E-state index contributed by atoms with van der Waals surface area (Å²) in [5, 5.41) is 0. The molecule has 0 unspecified atom stereocenters. The predicted octanol–water partition coefficient (Wildman–Crippen LogP) is 1.39. The normalized spacial score (nSPS) is 14.2. The monoisotopic (exact) mass is 382 g/mol. The predicted molar refractivity (Wildman–Crippen MR) is 104 cm³/mol. The molecule has 3 rings (SSSR count). The summed E-state index contributed by atoms with van der Waals surface area (Å²) in [6.07, 6.45) is 6.32. The highest BCUT2D eigenvalue weighted by molar-refractivity contribution is 5.89. The number of benzene rings is 1. The Morgan fingerprint density at radius 2 is 1.75 bits per heavy atom. The smallest absolute Gasteiger partial charge is 0.331 e. The highest BCUT2D eigenvalue weighted by Gasteiger charge is 2.22. The first-order chi connectivity index (χ1) is 13.7. The third-order valence-electron chi connectivity index (χ3n) is 4.33. The first-order valence-corrected chi connectivity index (χ1v) is 8.94. The van der Waals surface area contributed by atoms with E-state index in [1.54, 1.807) is 48.7 Å². The van der Waals surface area contributed by atoms with Crippen LogP contribution in [0.4, 0.5) is 5.95 Å². The van der Waals surface area contributed by atoms with Gasteiger partial charge in [-0.1, -0.05) is 12.1 Å². The number of amides is 1. The van der Waals surface area contributed by atoms with E-state index < -0.39 is 5.97 Å². The van der Waals surface area contributed by atoms with Crippen LogP contribution in [0.15, 0.2) is 48.8 Å². The van der Waals surface area contributed by atoms with Crippen LogP contribution in [0, 0.1) is 0 Å². The molecule has 0 aliphatic carbocycles. The third-order valence-corrected chi connectivity index (χ3v) is 4.33. The Bertz CT molecular complexity index is 816. The van der Waals surface area contributed by atoms with Gasteiger partial charge in [0.15, 0.2) is 6.61 Å². The molecular weight excluding hydrogens is 360 g/mol. The lowest BCUT2D eigenvalue weighted by molar-refractivity contribution is -0.148. The summed E-state index contributed by atoms with van der Waals surface area (Å²) in [6.45, 7) is 2.09. The van der Waals surface area contributed by atoms with Gasteiger partial charge in [0, 0.05) is 44.6 Å². The van der Waals surface area contributed by atoms with E-state index >= 15 is 0 Å². The molecule has 0 N–H and O–H groups in total. The van der Waals surface area contributed by atoms with E-state index in [1.807, 2.05) is 17.0 Å². The Labute approximate surface area is 163 Å². The maximum absolute atomic E-state index is 12.3. The number of ether oxygens (including phenoxy) is 2. The summed E-state index contributed by atoms with van der Waals surface area (Å²) in [7, 11) is 1.59. The van der Waals surface area contributed by atoms with Gasteiger partial charge in [0.05, 0.1) is 7.11 Å². The number of piperazine rings is 1. The number of methoxy groups -OCH3 is 1. The lowest BCUT2D eigenvalue weighted by Gasteiger charge is -2.34. The number of nitrogens with zero attached hydrogens (tertiary/aromatic N) is 4. The van der Waals surface area contributed by atoms with Gasteiger partial charge >= 0.3 is 5.97 Å². The SMILES string of the molecule is COc1ccc(/C=C/C(=O)OCC(=O)N2CCN(c3ncccn3)CC2)cc1. The Morgan fingerprint density at radius 3 is 2.39 bits per heavy atom. The Hall–Kier alpha value is -3.42. The highest BCUT2D eigenvalue weighted by atomic mass is 16.5. The molecule has 0 saturated carbocycles. The van der Waals surface area contributed by atoms with Crippen molar-refractivity contribution in [1.82, 2.24) is 14.9 Å². The van der Waals surface area contributed by atoms with Gasteiger partial charge in [0.25, 0.3) is 5.91 Å². The summed E-state index contributed by atoms with van der Waals surface area (Å²) in [5.74, 6) is 0.634. The molecule has 0 radical (unpaired) electrons. The van der Waals surface area contributed by atoms with Crippen molar-refractivity contribution in [3.63, 3.8) is 0 Å². The summed E-state index contributed by atoms with van der Waals surface area (Å²) in [5.41, 5.74) is 0.836. The van der Waals surface area contributed by atoms with E-state index in [2.05, 4.69) is 9.97 Å². The average Bonchev–Trinajstić information content (AvgIpc) is 2.77. The summed E-state index contributed by atoms with van der Waals surface area (Å²) in [4.78, 5) is 36.2. The van der Waals surface area contributed by atoms with E-state index in [0.717, 1.165) is 11.3 Å². The number of carbonyl (C=O) groups is 2. The molecule has 28 heavy (non-hydrogen) atoms. The van der Waals surface area contributed by atoms with Gasteiger partial charge in [-0.3, -0.25) is 4.79 Å². The van der Waals surface area contributed by atoms with Crippen molar-refractivity contribution in [1.29, 1.82) is 0 Å². The number of esters is 1. The van der Waals surface area contributed by atoms with Crippen LogP contribution in [-0.4, -0.2) is 66.6 Å². The van der Waals surface area contributed by atoms with Crippen molar-refractivity contribution >= 4 is 23.9 Å². The Morgan fingerprint density at radius 1 is 1.07 bits per heavy atom. The van der Waals surface area contributed by atoms with E-state index in [-0.39, 0.29) is 12.5 Å². The van der Waals surface area contributed by atoms with Gasteiger partial charge in [-0.2, -0.15) is 0 Å². The Balaban J connectivity index is 1.41. The Kier molecular flexibility index (Phi) is 6.56. The fraction of sp³-hybridized carbons (Fsp3) is 0.300. The number of aromatic nitrogens is 2. The third kappa shape index (κ3) is 5.29. The van der Waals surface area contributed by atoms with Crippen molar-refractivity contribution in [2.24, 2.45) is 0 Å². The van der Waals surface area contributed by atoms with Gasteiger partial charge in [-0.25, -0.2) is 14.8 Å². The number of hydrogen-bond acceptors (Lipinski definition) is 7. The molecule has 0 atom stereocenters. The van der Waals surface area contributed by atoms with Crippen LogP contribution >= 0.6 is 0 Å². The minimum absolute atomic E-state index is 0.208. The van der Waals surface area contributed by atoms with Crippen molar-refractivity contribution < 1.29 is 19.1 Å². The van der Waals surface area contributed by atoms with Crippen LogP contribution in [-0.2, 0) is 14.3 Å². The van der Waals surface area contributed by atoms with Crippen LogP contribution in [0.2, 0.25) is 0 Å². The summed E-state index contributed by atoms with van der Waals surface area (Å²) in [6, 6.07) is 9.01. The zero-order chi connectivity index (χ0) is 19.8. The standard InChI is InChI=1S/C20H22N4O4/c1-27-17-6-3-16(4-7-17)5-8-19(26)28-15-18(25)23-11-13-24(14-12-23)20-21-9-2-10-22-20/h2-10H,11-15H2,1H3/b8-5+. The number of rotatable bonds is 6. The molecule has 1 aromatic heterocycles. The van der Waals surface area contributed by atoms with Crippen LogP contribution in [0.3, 0.4) is 0 Å². The molecule has 8 nitrogen and oxygen atoms in total. The summed E-state index contributed by atoms with van der Waals surface area (Å²) < 4.78 is 10.1. The number of anilines is 1. The lowest BCUT2D eigenvalue weighted by atomic mass is 10.2. The summed E-state index contributed by atoms with van der Waals surface area (Å²) >= 11 is 0. The fourth-order valence-electron chi connectivity index (χ4n) is 2.76. The van der Waals surface area contributed by atoms with Crippen LogP contribution in [0.25, 0.3) is 6.08 Å². The highest BCUT2D eigenvalue weighted by Crippen LogP contribution is 2.12. The number of hydrogen-bond donors (Lipinski definition) is 0. The van der Waals surface area contributed by atoms with Gasteiger partial charge < -0.3 is 19.3 Å². The van der Waals surface area contributed by atoms with E-state index in [9.17, 15) is 9.59 Å². The van der Waals surface area contributed by atoms with Crippen molar-refractivity contribution in [3.8, 4) is 5.75 Å². The first kappa shape index (κ1) is 19.3. The molecule has 1 aliphatic rings. The lowest BCUT2D eigenvalue weighted by Crippen LogP contribution is -2.50. The van der Waals surface area contributed by atoms with Gasteiger partial charge in [0.2, 0.25) is 5.95 Å². The van der Waals surface area contributed by atoms with Gasteiger partial charge in [-0.15, -0.1) is 0 Å². The molecule has 0 bridgehead atoms. The van der Waals surface area contributed by atoms with Crippen LogP contribution in [0.5, 0.6) is 5.75 Å². The minimum atomic E-state index is -0.555. The van der Waals surface area contributed by atoms with Crippen LogP contribution < -0.4 is 9.64 Å². The molecule has 8 heteroatoms. The molecule has 1 aromatic carbocycles. The second kappa shape index (κ2) is 9.50. The molecule has 1 fully saturated rings. The maximum Gasteiger partial charge on any atom is 0.331 e. The second-order valence-electron chi connectivity index (χ2n) is 6.13. The van der Waals surface area contributed by atoms with Crippen LogP contribution in [0.1, 0.15) is 5.56 Å². The van der Waals surface area contributed by atoms with E-state index in [1.165, 1.54) is 6.08 Å². The van der Waals surface area contributed by atoms with Crippen molar-refractivity contribution in [3.05, 3.63) is 54.4 Å². The largest absolute Gasteiger partial charge is 0.497 e. The molecule has 1 saturated heterocycles. The topological polar surface area (TPSA) is 84.9 Å². The number of carbonyl (C=O) groups excluding carboxylic acids is 2. The van der Waals surface area contributed by atoms with Gasteiger partial charge in [0.1, 0.15) is 5.75 Å². The zero-order valence-electron chi connectivity index (χ0n) is 15.7. The molecular formula is C20H22N4O4. The molecule has 0 spiro atoms. The van der Waals surface area contributed by atoms with Gasteiger partial charge in [-0.05, 0) is 29.8 Å². The maximum atomic E-state index is 12.3. The molecule has 2 heterocycles. The average molecular weight is 382 g/mol. The fourth-order valence-corrected chi connectivity index (χ4v) is 2.76. The molecule has 2 aromatic rings. The van der Waals surface area contributed by atoms with E-state index in [4.69, 9.17) is 9.47 Å².